The van der Waals surface area contributed by atoms with E-state index in [1.54, 1.807) is 0 Å². The normalized spacial score (nSPS) is 11.1. The van der Waals surface area contributed by atoms with Gasteiger partial charge in [-0.25, -0.2) is 0 Å². The number of nitrogens with zero attached hydrogens (tertiary/aromatic N) is 3. The zero-order valence-corrected chi connectivity index (χ0v) is 17.4. The molecule has 2 amide bonds. The molecule has 9 nitrogen and oxygen atoms in total. The number of anilines is 2. The number of para-hydroxylation sites is 1. The topological polar surface area (TPSA) is 127 Å². The molecule has 0 atom stereocenters. The van der Waals surface area contributed by atoms with Crippen LogP contribution in [0.1, 0.15) is 15.9 Å². The number of nitrogens with one attached hydrogen (secondary N) is 2. The van der Waals surface area contributed by atoms with Crippen molar-refractivity contribution in [2.45, 2.75) is 10.5 Å². The van der Waals surface area contributed by atoms with Gasteiger partial charge in [0.05, 0.1) is 16.2 Å². The molecule has 14 heteroatoms. The number of carbonyl (C=O) groups is 2. The van der Waals surface area contributed by atoms with Gasteiger partial charge in [-0.2, -0.15) is 13.2 Å². The molecular weight excluding hydrogens is 471 g/mol. The predicted octanol–water partition coefficient (Wildman–Crippen LogP) is 4.45. The van der Waals surface area contributed by atoms with Gasteiger partial charge in [-0.15, -0.1) is 10.2 Å². The summed E-state index contributed by atoms with van der Waals surface area (Å²) in [6.45, 7) is 0. The Kier molecular flexibility index (Phi) is 7.05. The van der Waals surface area contributed by atoms with Crippen LogP contribution in [0.3, 0.4) is 0 Å². The molecule has 0 saturated heterocycles. The van der Waals surface area contributed by atoms with Crippen molar-refractivity contribution >= 4 is 51.4 Å². The summed E-state index contributed by atoms with van der Waals surface area (Å²) in [6.07, 6.45) is -4.46. The number of nitro benzene ring substituents is 1. The van der Waals surface area contributed by atoms with Crippen molar-refractivity contribution in [1.29, 1.82) is 0 Å². The number of nitro groups is 1. The highest BCUT2D eigenvalue weighted by molar-refractivity contribution is 8.01. The minimum absolute atomic E-state index is 0.0822. The first-order valence-electron chi connectivity index (χ1n) is 8.61. The smallest absolute Gasteiger partial charge is 0.325 e. The first-order valence-corrected chi connectivity index (χ1v) is 10.4. The van der Waals surface area contributed by atoms with E-state index in [0.29, 0.717) is 4.34 Å². The Balaban J connectivity index is 1.54. The fourth-order valence-electron chi connectivity index (χ4n) is 2.37. The molecule has 2 aromatic carbocycles. The molecule has 3 aromatic rings. The molecule has 0 aliphatic rings. The van der Waals surface area contributed by atoms with Crippen molar-refractivity contribution in [3.63, 3.8) is 0 Å². The molecule has 0 fully saturated rings. The summed E-state index contributed by atoms with van der Waals surface area (Å²) in [4.78, 5) is 34.7. The number of aromatic nitrogens is 2. The van der Waals surface area contributed by atoms with Gasteiger partial charge in [-0.3, -0.25) is 25.0 Å². The van der Waals surface area contributed by atoms with Gasteiger partial charge in [0.1, 0.15) is 5.56 Å². The van der Waals surface area contributed by atoms with E-state index in [0.717, 1.165) is 47.4 Å². The third-order valence-corrected chi connectivity index (χ3v) is 5.77. The molecule has 0 aliphatic heterocycles. The fourth-order valence-corrected chi connectivity index (χ4v) is 3.92. The van der Waals surface area contributed by atoms with E-state index in [2.05, 4.69) is 20.8 Å². The van der Waals surface area contributed by atoms with E-state index in [1.807, 2.05) is 0 Å². The molecule has 2 N–H and O–H groups in total. The zero-order chi connectivity index (χ0) is 23.3. The van der Waals surface area contributed by atoms with Gasteiger partial charge in [0, 0.05) is 11.8 Å². The second kappa shape index (κ2) is 9.74. The number of halogens is 3. The highest BCUT2D eigenvalue weighted by atomic mass is 32.2. The van der Waals surface area contributed by atoms with Crippen molar-refractivity contribution in [3.05, 3.63) is 69.8 Å². The first kappa shape index (κ1) is 23.1. The standard InChI is InChI=1S/C18H12F3N5O4S2/c19-18(20,21)10-5-7-11(8-6-10)22-14(27)9-31-17-25-24-16(32-17)23-15(28)12-3-1-2-4-13(12)26(29)30/h1-8H,9H2,(H,22,27)(H,23,24,28). The molecule has 0 unspecified atom stereocenters. The summed E-state index contributed by atoms with van der Waals surface area (Å²) in [6, 6.07) is 9.43. The molecule has 0 bridgehead atoms. The molecule has 32 heavy (non-hydrogen) atoms. The molecule has 166 valence electrons. The third kappa shape index (κ3) is 6.01. The van der Waals surface area contributed by atoms with Crippen molar-refractivity contribution < 1.29 is 27.7 Å². The lowest BCUT2D eigenvalue weighted by Gasteiger charge is -2.08. The van der Waals surface area contributed by atoms with Crippen LogP contribution in [-0.2, 0) is 11.0 Å². The van der Waals surface area contributed by atoms with Crippen molar-refractivity contribution in [1.82, 2.24) is 10.2 Å². The summed E-state index contributed by atoms with van der Waals surface area (Å²) in [5.41, 5.74) is -1.12. The summed E-state index contributed by atoms with van der Waals surface area (Å²) in [5.74, 6) is -1.31. The number of hydrogen-bond acceptors (Lipinski definition) is 8. The van der Waals surface area contributed by atoms with E-state index >= 15 is 0 Å². The number of carbonyl (C=O) groups excluding carboxylic acids is 2. The number of benzene rings is 2. The maximum atomic E-state index is 12.6. The van der Waals surface area contributed by atoms with E-state index in [1.165, 1.54) is 24.3 Å². The highest BCUT2D eigenvalue weighted by Gasteiger charge is 2.30. The minimum atomic E-state index is -4.46. The van der Waals surface area contributed by atoms with Crippen LogP contribution in [0.25, 0.3) is 0 Å². The first-order chi connectivity index (χ1) is 15.1. The van der Waals surface area contributed by atoms with Gasteiger partial charge < -0.3 is 5.32 Å². The maximum Gasteiger partial charge on any atom is 0.416 e. The molecule has 1 aromatic heterocycles. The van der Waals surface area contributed by atoms with Gasteiger partial charge in [0.25, 0.3) is 11.6 Å². The number of alkyl halides is 3. The molecule has 3 rings (SSSR count). The molecule has 0 spiro atoms. The van der Waals surface area contributed by atoms with E-state index < -0.39 is 28.5 Å². The summed E-state index contributed by atoms with van der Waals surface area (Å²) in [5, 5.41) is 23.6. The van der Waals surface area contributed by atoms with E-state index in [9.17, 15) is 32.9 Å². The molecule has 0 aliphatic carbocycles. The fraction of sp³-hybridized carbons (Fsp3) is 0.111. The van der Waals surface area contributed by atoms with Crippen LogP contribution in [0, 0.1) is 10.1 Å². The summed E-state index contributed by atoms with van der Waals surface area (Å²) >= 11 is 1.96. The average molecular weight is 483 g/mol. The van der Waals surface area contributed by atoms with Gasteiger partial charge in [0.15, 0.2) is 4.34 Å². The largest absolute Gasteiger partial charge is 0.416 e. The van der Waals surface area contributed by atoms with Crippen molar-refractivity contribution in [2.75, 3.05) is 16.4 Å². The number of amides is 2. The van der Waals surface area contributed by atoms with Crippen LogP contribution in [-0.4, -0.2) is 32.7 Å². The van der Waals surface area contributed by atoms with Crippen molar-refractivity contribution in [3.8, 4) is 0 Å². The Bertz CT molecular complexity index is 1150. The minimum Gasteiger partial charge on any atom is -0.325 e. The van der Waals surface area contributed by atoms with Crippen LogP contribution < -0.4 is 10.6 Å². The lowest BCUT2D eigenvalue weighted by Crippen LogP contribution is -2.14. The second-order valence-electron chi connectivity index (χ2n) is 6.01. The third-order valence-electron chi connectivity index (χ3n) is 3.80. The number of hydrogen-bond donors (Lipinski definition) is 2. The number of thioether (sulfide) groups is 1. The highest BCUT2D eigenvalue weighted by Crippen LogP contribution is 2.30. The molecule has 0 radical (unpaired) electrons. The van der Waals surface area contributed by atoms with Gasteiger partial charge in [-0.1, -0.05) is 35.2 Å². The SMILES string of the molecule is O=C(CSc1nnc(NC(=O)c2ccccc2[N+](=O)[O-])s1)Nc1ccc(C(F)(F)F)cc1. The Morgan fingerprint density at radius 3 is 2.41 bits per heavy atom. The van der Waals surface area contributed by atoms with Crippen LogP contribution >= 0.6 is 23.1 Å². The van der Waals surface area contributed by atoms with E-state index in [4.69, 9.17) is 0 Å². The van der Waals surface area contributed by atoms with Gasteiger partial charge in [0.2, 0.25) is 11.0 Å². The Morgan fingerprint density at radius 2 is 1.75 bits per heavy atom. The second-order valence-corrected chi connectivity index (χ2v) is 8.21. The van der Waals surface area contributed by atoms with E-state index in [-0.39, 0.29) is 27.8 Å². The molecular formula is C18H12F3N5O4S2. The van der Waals surface area contributed by atoms with Crippen molar-refractivity contribution in [2.24, 2.45) is 0 Å². The maximum absolute atomic E-state index is 12.6. The Morgan fingerprint density at radius 1 is 1.06 bits per heavy atom. The quantitative estimate of drug-likeness (QED) is 0.220. The molecule has 1 heterocycles. The average Bonchev–Trinajstić information content (AvgIpc) is 3.19. The van der Waals surface area contributed by atoms with Gasteiger partial charge >= 0.3 is 6.18 Å². The van der Waals surface area contributed by atoms with Gasteiger partial charge in [-0.05, 0) is 30.3 Å². The Hall–Kier alpha value is -3.52. The Labute approximate surface area is 186 Å². The lowest BCUT2D eigenvalue weighted by atomic mass is 10.1. The lowest BCUT2D eigenvalue weighted by molar-refractivity contribution is -0.385. The monoisotopic (exact) mass is 483 g/mol. The zero-order valence-electron chi connectivity index (χ0n) is 15.8. The summed E-state index contributed by atoms with van der Waals surface area (Å²) < 4.78 is 38.0. The summed E-state index contributed by atoms with van der Waals surface area (Å²) in [7, 11) is 0. The van der Waals surface area contributed by atoms with Crippen LogP contribution in [0.15, 0.2) is 52.9 Å². The predicted molar refractivity (Wildman–Crippen MR) is 112 cm³/mol. The number of rotatable bonds is 7. The van der Waals surface area contributed by atoms with Crippen LogP contribution in [0.5, 0.6) is 0 Å². The molecule has 0 saturated carbocycles. The van der Waals surface area contributed by atoms with Crippen LogP contribution in [0.4, 0.5) is 29.7 Å². The van der Waals surface area contributed by atoms with Crippen LogP contribution in [0.2, 0.25) is 0 Å².